The van der Waals surface area contributed by atoms with Crippen molar-refractivity contribution in [1.82, 2.24) is 0 Å². The maximum Gasteiger partial charge on any atom is 0.0494 e. The minimum Gasteiger partial charge on any atom is -0.345 e. The number of fused-ring (bicyclic) bond motifs is 9. The molecular weight excluding hydrogens is 1190 g/mol. The Morgan fingerprint density at radius 3 is 0.806 bits per heavy atom. The van der Waals surface area contributed by atoms with Gasteiger partial charge in [0.1, 0.15) is 0 Å². The Morgan fingerprint density at radius 1 is 0.153 bits per heavy atom. The van der Waals surface area contributed by atoms with Crippen LogP contribution in [-0.2, 0) is 0 Å². The van der Waals surface area contributed by atoms with Gasteiger partial charge in [-0.05, 0) is 230 Å². The molecule has 18 aromatic carbocycles. The van der Waals surface area contributed by atoms with Gasteiger partial charge in [-0.1, -0.05) is 249 Å². The molecule has 0 aliphatic rings. The van der Waals surface area contributed by atoms with E-state index in [4.69, 9.17) is 0 Å². The van der Waals surface area contributed by atoms with Crippen LogP contribution in [0, 0.1) is 0 Å². The van der Waals surface area contributed by atoms with Gasteiger partial charge >= 0.3 is 0 Å². The van der Waals surface area contributed by atoms with E-state index in [1.54, 1.807) is 0 Å². The van der Waals surface area contributed by atoms with E-state index in [0.29, 0.717) is 0 Å². The molecule has 0 radical (unpaired) electrons. The lowest BCUT2D eigenvalue weighted by molar-refractivity contribution is 1.21. The van der Waals surface area contributed by atoms with Crippen molar-refractivity contribution in [2.45, 2.75) is 0 Å². The Labute approximate surface area is 571 Å². The first-order chi connectivity index (χ1) is 48.3. The zero-order valence-electron chi connectivity index (χ0n) is 54.6. The summed E-state index contributed by atoms with van der Waals surface area (Å²) in [5.74, 6) is 0. The highest BCUT2D eigenvalue weighted by Crippen LogP contribution is 2.43. The van der Waals surface area contributed by atoms with Crippen molar-refractivity contribution in [3.05, 3.63) is 376 Å². The first-order valence-corrected chi connectivity index (χ1v) is 33.6. The van der Waals surface area contributed by atoms with Gasteiger partial charge in [-0.15, -0.1) is 0 Å². The van der Waals surface area contributed by atoms with Crippen LogP contribution >= 0.6 is 0 Å². The van der Waals surface area contributed by atoms with E-state index < -0.39 is 0 Å². The van der Waals surface area contributed by atoms with Gasteiger partial charge in [-0.2, -0.15) is 0 Å². The topological polar surface area (TPSA) is 13.0 Å². The molecular formula is C94H68N4. The Bertz CT molecular complexity index is 5820. The molecule has 0 heterocycles. The van der Waals surface area contributed by atoms with Crippen LogP contribution in [0.4, 0.5) is 56.9 Å². The van der Waals surface area contributed by atoms with Crippen molar-refractivity contribution >= 4 is 143 Å². The van der Waals surface area contributed by atoms with E-state index in [1.165, 1.54) is 120 Å². The summed E-state index contributed by atoms with van der Waals surface area (Å²) in [5, 5.41) is 20.0. The first kappa shape index (κ1) is 59.0. The molecule has 0 atom stereocenters. The van der Waals surface area contributed by atoms with Crippen molar-refractivity contribution in [3.63, 3.8) is 0 Å². The van der Waals surface area contributed by atoms with Gasteiger partial charge < -0.3 is 19.6 Å². The number of hydrogen-bond donors (Lipinski definition) is 0. The fourth-order valence-electron chi connectivity index (χ4n) is 14.3. The summed E-state index contributed by atoms with van der Waals surface area (Å²) >= 11 is 0. The maximum atomic E-state index is 2.36. The monoisotopic (exact) mass is 1250 g/mol. The largest absolute Gasteiger partial charge is 0.345 e. The molecule has 0 unspecified atom stereocenters. The van der Waals surface area contributed by atoms with Crippen LogP contribution in [0.5, 0.6) is 0 Å². The predicted molar refractivity (Wildman–Crippen MR) is 422 cm³/mol. The normalized spacial score (nSPS) is 11.4. The SMILES string of the molecule is CN(c1ccc(-c2ccc(N(c3ccc4ccccc4c3)c3ccc4ccccc4c3)cc2)cc1)c1cc2ccccc2c2ccccc12.CN(c1ccc(-c2ccc(N(c3ccc4ccccc4c3)c3ccc4ccccc4c3)cc2)cc1)c1ccc2cc3ccccc3cc2c1. The molecule has 0 aromatic heterocycles. The Kier molecular flexibility index (Phi) is 15.4. The molecule has 464 valence electrons. The van der Waals surface area contributed by atoms with Crippen molar-refractivity contribution in [2.24, 2.45) is 0 Å². The third kappa shape index (κ3) is 11.5. The van der Waals surface area contributed by atoms with Crippen LogP contribution in [0.2, 0.25) is 0 Å². The number of anilines is 10. The lowest BCUT2D eigenvalue weighted by Gasteiger charge is -2.26. The van der Waals surface area contributed by atoms with Crippen LogP contribution in [0.3, 0.4) is 0 Å². The van der Waals surface area contributed by atoms with Crippen LogP contribution in [0.1, 0.15) is 0 Å². The van der Waals surface area contributed by atoms with E-state index in [-0.39, 0.29) is 0 Å². The molecule has 0 aliphatic heterocycles. The molecule has 4 nitrogen and oxygen atoms in total. The van der Waals surface area contributed by atoms with Crippen LogP contribution < -0.4 is 19.6 Å². The summed E-state index contributed by atoms with van der Waals surface area (Å²) < 4.78 is 0. The Balaban J connectivity index is 0.000000147. The molecule has 4 heteroatoms. The summed E-state index contributed by atoms with van der Waals surface area (Å²) in [7, 11) is 4.30. The Morgan fingerprint density at radius 2 is 0.408 bits per heavy atom. The molecule has 98 heavy (non-hydrogen) atoms. The molecule has 0 N–H and O–H groups in total. The zero-order chi connectivity index (χ0) is 65.5. The number of benzene rings is 18. The minimum absolute atomic E-state index is 1.12. The average molecular weight is 1250 g/mol. The lowest BCUT2D eigenvalue weighted by atomic mass is 9.99. The van der Waals surface area contributed by atoms with E-state index in [2.05, 4.69) is 410 Å². The smallest absolute Gasteiger partial charge is 0.0494 e. The van der Waals surface area contributed by atoms with Crippen LogP contribution in [0.25, 0.3) is 108 Å². The molecule has 0 bridgehead atoms. The Hall–Kier alpha value is -12.8. The van der Waals surface area contributed by atoms with Crippen molar-refractivity contribution in [2.75, 3.05) is 33.7 Å². The van der Waals surface area contributed by atoms with Gasteiger partial charge in [0.2, 0.25) is 0 Å². The van der Waals surface area contributed by atoms with Gasteiger partial charge in [0.05, 0.1) is 0 Å². The van der Waals surface area contributed by atoms with E-state index in [9.17, 15) is 0 Å². The summed E-state index contributed by atoms with van der Waals surface area (Å²) in [6.45, 7) is 0. The fourth-order valence-corrected chi connectivity index (χ4v) is 14.3. The summed E-state index contributed by atoms with van der Waals surface area (Å²) in [6.07, 6.45) is 0. The van der Waals surface area contributed by atoms with Gasteiger partial charge in [0.15, 0.2) is 0 Å². The molecule has 0 saturated carbocycles. The second-order valence-electron chi connectivity index (χ2n) is 25.5. The first-order valence-electron chi connectivity index (χ1n) is 33.6. The highest BCUT2D eigenvalue weighted by Gasteiger charge is 2.18. The predicted octanol–water partition coefficient (Wildman–Crippen LogP) is 26.4. The molecule has 0 fully saturated rings. The van der Waals surface area contributed by atoms with E-state index in [1.807, 2.05) is 0 Å². The lowest BCUT2D eigenvalue weighted by Crippen LogP contribution is -2.10. The minimum atomic E-state index is 1.12. The van der Waals surface area contributed by atoms with Crippen LogP contribution in [0.15, 0.2) is 376 Å². The van der Waals surface area contributed by atoms with Crippen molar-refractivity contribution < 1.29 is 0 Å². The highest BCUT2D eigenvalue weighted by atomic mass is 15.1. The van der Waals surface area contributed by atoms with E-state index >= 15 is 0 Å². The third-order valence-electron chi connectivity index (χ3n) is 19.6. The van der Waals surface area contributed by atoms with Gasteiger partial charge in [-0.3, -0.25) is 0 Å². The summed E-state index contributed by atoms with van der Waals surface area (Å²) in [6, 6.07) is 136. The number of hydrogen-bond acceptors (Lipinski definition) is 4. The molecule has 18 aromatic rings. The second-order valence-corrected chi connectivity index (χ2v) is 25.5. The van der Waals surface area contributed by atoms with E-state index in [0.717, 1.165) is 45.5 Å². The third-order valence-corrected chi connectivity index (χ3v) is 19.6. The second kappa shape index (κ2) is 25.5. The molecule has 0 spiro atoms. The fraction of sp³-hybridized carbons (Fsp3) is 0.0213. The van der Waals surface area contributed by atoms with Gasteiger partial charge in [-0.25, -0.2) is 0 Å². The van der Waals surface area contributed by atoms with Crippen LogP contribution in [-0.4, -0.2) is 14.1 Å². The maximum absolute atomic E-state index is 2.36. The highest BCUT2D eigenvalue weighted by molar-refractivity contribution is 6.14. The quantitative estimate of drug-likeness (QED) is 0.0893. The van der Waals surface area contributed by atoms with Gasteiger partial charge in [0.25, 0.3) is 0 Å². The standard InChI is InChI=1S/2C47H34N2/c1-48(47-32-39-14-6-7-15-44(39)45-16-8-9-17-46(45)47)40-24-18-35(19-25-40)36-20-26-41(27-21-36)49(42-28-22-33-10-2-4-12-37(33)30-42)43-29-23-34-11-3-5-13-38(34)31-43;1-48(45-25-20-41-28-37-10-6-7-11-38(37)29-42(41)32-45)43-21-14-35(15-22-43)36-16-23-44(24-17-36)49(46-26-18-33-8-2-4-12-39(33)30-46)47-27-19-34-9-3-5-13-40(34)31-47/h2*2-32H,1H3. The van der Waals surface area contributed by atoms with Crippen molar-refractivity contribution in [3.8, 4) is 22.3 Å². The average Bonchev–Trinajstić information content (AvgIpc) is 0.786. The molecule has 0 saturated heterocycles. The summed E-state index contributed by atoms with van der Waals surface area (Å²) in [4.78, 5) is 9.26. The van der Waals surface area contributed by atoms with Crippen molar-refractivity contribution in [1.29, 1.82) is 0 Å². The number of nitrogens with zero attached hydrogens (tertiary/aromatic N) is 4. The molecule has 18 rings (SSSR count). The van der Waals surface area contributed by atoms with Gasteiger partial charge in [0, 0.05) is 76.4 Å². The molecule has 0 aliphatic carbocycles. The number of rotatable bonds is 12. The molecule has 0 amide bonds. The zero-order valence-corrected chi connectivity index (χ0v) is 54.6. The summed E-state index contributed by atoms with van der Waals surface area (Å²) in [5.41, 5.74) is 16.2.